The van der Waals surface area contributed by atoms with E-state index in [-0.39, 0.29) is 5.13 Å². The standard InChI is InChI=1S/C21H30N4O4S/c1-20(2,3)28-18(26)25(19(27)29-21(4,5)6)17-22-12-16(30-17)14-11-23-24(7)15(14)10-13-8-9-13/h11-13H,8-10H2,1-7H3. The van der Waals surface area contributed by atoms with Gasteiger partial charge in [-0.05, 0) is 66.7 Å². The summed E-state index contributed by atoms with van der Waals surface area (Å²) < 4.78 is 12.7. The number of nitrogens with zero attached hydrogens (tertiary/aromatic N) is 4. The van der Waals surface area contributed by atoms with Gasteiger partial charge in [-0.15, -0.1) is 0 Å². The van der Waals surface area contributed by atoms with Crippen LogP contribution in [0, 0.1) is 5.92 Å². The molecular weight excluding hydrogens is 404 g/mol. The van der Waals surface area contributed by atoms with E-state index < -0.39 is 23.4 Å². The smallest absolute Gasteiger partial charge is 0.426 e. The van der Waals surface area contributed by atoms with Crippen LogP contribution < -0.4 is 4.90 Å². The summed E-state index contributed by atoms with van der Waals surface area (Å²) >= 11 is 1.24. The van der Waals surface area contributed by atoms with Gasteiger partial charge in [-0.25, -0.2) is 14.6 Å². The van der Waals surface area contributed by atoms with Crippen molar-refractivity contribution in [3.63, 3.8) is 0 Å². The van der Waals surface area contributed by atoms with E-state index in [9.17, 15) is 9.59 Å². The van der Waals surface area contributed by atoms with Gasteiger partial charge in [0.05, 0.1) is 11.1 Å². The lowest BCUT2D eigenvalue weighted by atomic mass is 10.1. The van der Waals surface area contributed by atoms with Crippen LogP contribution in [0.5, 0.6) is 0 Å². The largest absolute Gasteiger partial charge is 0.443 e. The second kappa shape index (κ2) is 8.02. The first-order chi connectivity index (χ1) is 13.8. The van der Waals surface area contributed by atoms with E-state index in [1.54, 1.807) is 53.9 Å². The molecule has 1 saturated carbocycles. The second-order valence-electron chi connectivity index (χ2n) is 9.58. The molecule has 0 unspecified atom stereocenters. The van der Waals surface area contributed by atoms with E-state index in [0.29, 0.717) is 5.92 Å². The molecule has 1 fully saturated rings. The predicted molar refractivity (Wildman–Crippen MR) is 116 cm³/mol. The molecule has 0 saturated heterocycles. The van der Waals surface area contributed by atoms with Crippen LogP contribution in [-0.4, -0.2) is 38.2 Å². The lowest BCUT2D eigenvalue weighted by Crippen LogP contribution is -2.43. The molecule has 9 heteroatoms. The number of aromatic nitrogens is 3. The number of carbonyl (C=O) groups is 2. The molecule has 3 rings (SSSR count). The first kappa shape index (κ1) is 22.3. The van der Waals surface area contributed by atoms with Crippen LogP contribution in [0.15, 0.2) is 12.4 Å². The Hall–Kier alpha value is -2.42. The third-order valence-electron chi connectivity index (χ3n) is 4.34. The van der Waals surface area contributed by atoms with Gasteiger partial charge in [-0.3, -0.25) is 4.68 Å². The Morgan fingerprint density at radius 3 is 2.17 bits per heavy atom. The Morgan fingerprint density at radius 1 is 1.10 bits per heavy atom. The van der Waals surface area contributed by atoms with Gasteiger partial charge < -0.3 is 9.47 Å². The van der Waals surface area contributed by atoms with Gasteiger partial charge in [-0.1, -0.05) is 11.3 Å². The van der Waals surface area contributed by atoms with Crippen LogP contribution in [0.25, 0.3) is 10.4 Å². The first-order valence-corrected chi connectivity index (χ1v) is 10.9. The molecule has 30 heavy (non-hydrogen) atoms. The predicted octanol–water partition coefficient (Wildman–Crippen LogP) is 5.17. The average Bonchev–Trinajstić information content (AvgIpc) is 3.14. The van der Waals surface area contributed by atoms with E-state index >= 15 is 0 Å². The zero-order chi connectivity index (χ0) is 22.3. The number of anilines is 1. The molecule has 8 nitrogen and oxygen atoms in total. The molecule has 0 aromatic carbocycles. The van der Waals surface area contributed by atoms with E-state index in [2.05, 4.69) is 10.1 Å². The summed E-state index contributed by atoms with van der Waals surface area (Å²) in [5, 5.41) is 4.60. The number of carbonyl (C=O) groups excluding carboxylic acids is 2. The highest BCUT2D eigenvalue weighted by Gasteiger charge is 2.35. The Morgan fingerprint density at radius 2 is 1.67 bits per heavy atom. The molecule has 0 spiro atoms. The van der Waals surface area contributed by atoms with Crippen LogP contribution in [0.1, 0.15) is 60.1 Å². The quantitative estimate of drug-likeness (QED) is 0.659. The van der Waals surface area contributed by atoms with E-state index in [1.807, 2.05) is 11.7 Å². The fraction of sp³-hybridized carbons (Fsp3) is 0.619. The molecule has 1 aliphatic rings. The average molecular weight is 435 g/mol. The summed E-state index contributed by atoms with van der Waals surface area (Å²) in [5.74, 6) is 0.701. The third kappa shape index (κ3) is 5.59. The van der Waals surface area contributed by atoms with Crippen LogP contribution in [-0.2, 0) is 22.9 Å². The highest BCUT2D eigenvalue weighted by molar-refractivity contribution is 7.19. The lowest BCUT2D eigenvalue weighted by molar-refractivity contribution is 0.0430. The Kier molecular flexibility index (Phi) is 5.95. The van der Waals surface area contributed by atoms with Crippen LogP contribution in [0.2, 0.25) is 0 Å². The minimum atomic E-state index is -0.818. The molecule has 0 N–H and O–H groups in total. The number of imide groups is 1. The van der Waals surface area contributed by atoms with Crippen LogP contribution in [0.3, 0.4) is 0 Å². The molecule has 0 bridgehead atoms. The topological polar surface area (TPSA) is 86.5 Å². The maximum atomic E-state index is 12.8. The van der Waals surface area contributed by atoms with Gasteiger partial charge in [0.1, 0.15) is 11.2 Å². The summed E-state index contributed by atoms with van der Waals surface area (Å²) in [6.45, 7) is 10.4. The monoisotopic (exact) mass is 434 g/mol. The molecule has 2 amide bonds. The molecule has 2 aromatic heterocycles. The van der Waals surface area contributed by atoms with Crippen molar-refractivity contribution >= 4 is 28.7 Å². The van der Waals surface area contributed by atoms with Crippen molar-refractivity contribution in [2.24, 2.45) is 13.0 Å². The summed E-state index contributed by atoms with van der Waals surface area (Å²) in [5.41, 5.74) is 0.575. The summed E-state index contributed by atoms with van der Waals surface area (Å²) in [4.78, 5) is 31.7. The van der Waals surface area contributed by atoms with E-state index in [4.69, 9.17) is 9.47 Å². The van der Waals surface area contributed by atoms with Crippen molar-refractivity contribution in [1.82, 2.24) is 14.8 Å². The van der Waals surface area contributed by atoms with Crippen molar-refractivity contribution < 1.29 is 19.1 Å². The minimum absolute atomic E-state index is 0.203. The number of amides is 2. The van der Waals surface area contributed by atoms with Gasteiger partial charge >= 0.3 is 12.2 Å². The van der Waals surface area contributed by atoms with Crippen LogP contribution >= 0.6 is 11.3 Å². The van der Waals surface area contributed by atoms with Crippen molar-refractivity contribution in [3.8, 4) is 10.4 Å². The Labute approximate surface area is 181 Å². The molecule has 0 aliphatic heterocycles. The third-order valence-corrected chi connectivity index (χ3v) is 5.36. The van der Waals surface area contributed by atoms with Crippen molar-refractivity contribution in [2.45, 2.75) is 72.0 Å². The maximum Gasteiger partial charge on any atom is 0.426 e. The highest BCUT2D eigenvalue weighted by Crippen LogP contribution is 2.38. The van der Waals surface area contributed by atoms with Crippen molar-refractivity contribution in [1.29, 1.82) is 0 Å². The number of aryl methyl sites for hydroxylation is 1. The zero-order valence-electron chi connectivity index (χ0n) is 18.7. The van der Waals surface area contributed by atoms with Gasteiger partial charge in [0, 0.05) is 24.5 Å². The van der Waals surface area contributed by atoms with E-state index in [0.717, 1.165) is 27.5 Å². The number of hydrogen-bond donors (Lipinski definition) is 0. The molecule has 2 aromatic rings. The van der Waals surface area contributed by atoms with Gasteiger partial charge in [0.25, 0.3) is 0 Å². The maximum absolute atomic E-state index is 12.8. The van der Waals surface area contributed by atoms with Crippen molar-refractivity contribution in [2.75, 3.05) is 4.90 Å². The summed E-state index contributed by atoms with van der Waals surface area (Å²) in [7, 11) is 1.93. The molecule has 164 valence electrons. The Balaban J connectivity index is 1.92. The van der Waals surface area contributed by atoms with Crippen LogP contribution in [0.4, 0.5) is 14.7 Å². The fourth-order valence-corrected chi connectivity index (χ4v) is 3.77. The zero-order valence-corrected chi connectivity index (χ0v) is 19.5. The molecule has 0 atom stereocenters. The van der Waals surface area contributed by atoms with Gasteiger partial charge in [0.15, 0.2) is 0 Å². The van der Waals surface area contributed by atoms with Gasteiger partial charge in [0.2, 0.25) is 5.13 Å². The normalized spacial score (nSPS) is 14.5. The number of thiazole rings is 1. The molecule has 1 aliphatic carbocycles. The molecule has 2 heterocycles. The Bertz CT molecular complexity index is 904. The van der Waals surface area contributed by atoms with Crippen molar-refractivity contribution in [3.05, 3.63) is 18.1 Å². The summed E-state index contributed by atoms with van der Waals surface area (Å²) in [6, 6.07) is 0. The SMILES string of the molecule is Cn1ncc(-c2cnc(N(C(=O)OC(C)(C)C)C(=O)OC(C)(C)C)s2)c1CC1CC1. The number of hydrogen-bond acceptors (Lipinski definition) is 7. The summed E-state index contributed by atoms with van der Waals surface area (Å²) in [6.07, 6.45) is 5.27. The number of ether oxygens (including phenoxy) is 2. The minimum Gasteiger partial charge on any atom is -0.443 e. The fourth-order valence-electron chi connectivity index (χ4n) is 2.84. The molecular formula is C21H30N4O4S. The second-order valence-corrected chi connectivity index (χ2v) is 10.6. The van der Waals surface area contributed by atoms with Gasteiger partial charge in [-0.2, -0.15) is 10.00 Å². The highest BCUT2D eigenvalue weighted by atomic mass is 32.1. The lowest BCUT2D eigenvalue weighted by Gasteiger charge is -2.27. The van der Waals surface area contributed by atoms with E-state index in [1.165, 1.54) is 24.2 Å². The molecule has 0 radical (unpaired) electrons. The number of rotatable bonds is 4. The first-order valence-electron chi connectivity index (χ1n) is 10.1.